The van der Waals surface area contributed by atoms with Crippen molar-refractivity contribution in [3.8, 4) is 0 Å². The van der Waals surface area contributed by atoms with Crippen molar-refractivity contribution in [2.45, 2.75) is 55.8 Å². The SMILES string of the molecule is O=C(NC12CC(C1)C2)O[C@H]1CC[C@@H](c2cc(Nc3nccn4ncc(Br)c34)n[nH]2)[C@H]1F. The zero-order chi connectivity index (χ0) is 21.2. The van der Waals surface area contributed by atoms with Gasteiger partial charge in [-0.15, -0.1) is 0 Å². The summed E-state index contributed by atoms with van der Waals surface area (Å²) in [4.78, 5) is 16.5. The smallest absolute Gasteiger partial charge is 0.407 e. The molecule has 4 saturated carbocycles. The minimum Gasteiger partial charge on any atom is -0.443 e. The van der Waals surface area contributed by atoms with E-state index in [1.807, 2.05) is 0 Å². The monoisotopic (exact) mass is 489 g/mol. The largest absolute Gasteiger partial charge is 0.443 e. The fourth-order valence-corrected chi connectivity index (χ4v) is 5.56. The maximum absolute atomic E-state index is 15.1. The second-order valence-corrected chi connectivity index (χ2v) is 9.71. The lowest BCUT2D eigenvalue weighted by molar-refractivity contribution is -0.0532. The average Bonchev–Trinajstić information content (AvgIpc) is 3.39. The number of carbonyl (C=O) groups excluding carboxylic acids is 1. The molecule has 3 aromatic heterocycles. The van der Waals surface area contributed by atoms with Crippen LogP contribution in [0.5, 0.6) is 0 Å². The Hall–Kier alpha value is -2.69. The van der Waals surface area contributed by atoms with Gasteiger partial charge in [0.05, 0.1) is 10.7 Å². The summed E-state index contributed by atoms with van der Waals surface area (Å²) in [5, 5.41) is 17.5. The topological polar surface area (TPSA) is 109 Å². The number of aromatic nitrogens is 5. The summed E-state index contributed by atoms with van der Waals surface area (Å²) in [6, 6.07) is 1.77. The summed E-state index contributed by atoms with van der Waals surface area (Å²) in [6.07, 6.45) is 6.70. The van der Waals surface area contributed by atoms with Crippen LogP contribution in [0.4, 0.5) is 20.8 Å². The van der Waals surface area contributed by atoms with Crippen LogP contribution in [0.25, 0.3) is 5.52 Å². The van der Waals surface area contributed by atoms with E-state index in [0.717, 1.165) is 35.2 Å². The van der Waals surface area contributed by atoms with Crippen molar-refractivity contribution < 1.29 is 13.9 Å². The molecule has 3 atom stereocenters. The van der Waals surface area contributed by atoms with E-state index in [0.29, 0.717) is 30.2 Å². The fraction of sp³-hybridized carbons (Fsp3) is 0.500. The number of anilines is 2. The van der Waals surface area contributed by atoms with E-state index in [-0.39, 0.29) is 5.54 Å². The van der Waals surface area contributed by atoms with Gasteiger partial charge >= 0.3 is 6.09 Å². The molecule has 3 aromatic rings. The molecule has 0 saturated heterocycles. The molecule has 162 valence electrons. The normalized spacial score (nSPS) is 31.2. The van der Waals surface area contributed by atoms with Gasteiger partial charge in [0.2, 0.25) is 0 Å². The molecular formula is C20H21BrFN7O2. The number of nitrogens with one attached hydrogen (secondary N) is 3. The van der Waals surface area contributed by atoms with Crippen LogP contribution in [0, 0.1) is 5.92 Å². The second-order valence-electron chi connectivity index (χ2n) is 8.85. The number of rotatable bonds is 5. The van der Waals surface area contributed by atoms with Gasteiger partial charge in [-0.05, 0) is 54.0 Å². The molecule has 4 aliphatic rings. The van der Waals surface area contributed by atoms with Gasteiger partial charge in [-0.2, -0.15) is 10.2 Å². The van der Waals surface area contributed by atoms with E-state index in [4.69, 9.17) is 4.74 Å². The van der Waals surface area contributed by atoms with Gasteiger partial charge in [-0.25, -0.2) is 18.7 Å². The molecule has 2 bridgehead atoms. The molecular weight excluding hydrogens is 469 g/mol. The predicted octanol–water partition coefficient (Wildman–Crippen LogP) is 3.82. The standard InChI is InChI=1S/C20H21BrFN7O2/c21-12-9-24-29-4-3-23-18(17(12)29)25-15-5-13(27-28-15)11-1-2-14(16(11)22)31-19(30)26-20-6-10(7-20)8-20/h3-5,9-11,14,16H,1-2,6-8H2,(H,26,30)(H2,23,25,27,28)/t10?,11-,14-,16+,20?/m0/s1. The average molecular weight is 490 g/mol. The molecule has 1 amide bonds. The first-order valence-corrected chi connectivity index (χ1v) is 11.2. The molecule has 3 N–H and O–H groups in total. The summed E-state index contributed by atoms with van der Waals surface area (Å²) in [5.74, 6) is 1.47. The van der Waals surface area contributed by atoms with E-state index in [2.05, 4.69) is 46.8 Å². The second kappa shape index (κ2) is 6.91. The number of alkyl halides is 1. The number of aromatic amines is 1. The maximum Gasteiger partial charge on any atom is 0.407 e. The number of amides is 1. The molecule has 31 heavy (non-hydrogen) atoms. The van der Waals surface area contributed by atoms with Gasteiger partial charge in [-0.3, -0.25) is 5.10 Å². The van der Waals surface area contributed by atoms with Gasteiger partial charge in [0.1, 0.15) is 17.8 Å². The van der Waals surface area contributed by atoms with Crippen LogP contribution in [-0.2, 0) is 4.74 Å². The van der Waals surface area contributed by atoms with Gasteiger partial charge in [-0.1, -0.05) is 0 Å². The van der Waals surface area contributed by atoms with Crippen molar-refractivity contribution in [1.29, 1.82) is 0 Å². The van der Waals surface area contributed by atoms with Gasteiger partial charge in [0.15, 0.2) is 11.6 Å². The first kappa shape index (κ1) is 19.0. The lowest BCUT2D eigenvalue weighted by Gasteiger charge is -2.61. The van der Waals surface area contributed by atoms with E-state index in [1.54, 1.807) is 29.2 Å². The number of hydrogen-bond donors (Lipinski definition) is 3. The summed E-state index contributed by atoms with van der Waals surface area (Å²) in [7, 11) is 0. The van der Waals surface area contributed by atoms with Crippen molar-refractivity contribution >= 4 is 39.2 Å². The predicted molar refractivity (Wildman–Crippen MR) is 113 cm³/mol. The number of nitrogens with zero attached hydrogens (tertiary/aromatic N) is 4. The van der Waals surface area contributed by atoms with Crippen LogP contribution in [0.2, 0.25) is 0 Å². The highest BCUT2D eigenvalue weighted by atomic mass is 79.9. The third kappa shape index (κ3) is 3.17. The number of ether oxygens (including phenoxy) is 1. The molecule has 4 fully saturated rings. The van der Waals surface area contributed by atoms with Crippen LogP contribution < -0.4 is 10.6 Å². The Balaban J connectivity index is 1.12. The first-order valence-electron chi connectivity index (χ1n) is 10.4. The number of carbonyl (C=O) groups is 1. The van der Waals surface area contributed by atoms with Crippen molar-refractivity contribution in [2.75, 3.05) is 5.32 Å². The Kier molecular flexibility index (Phi) is 4.24. The van der Waals surface area contributed by atoms with Crippen molar-refractivity contribution in [3.05, 3.63) is 34.8 Å². The molecule has 4 aliphatic carbocycles. The van der Waals surface area contributed by atoms with Gasteiger partial charge < -0.3 is 15.4 Å². The lowest BCUT2D eigenvalue weighted by atomic mass is 9.50. The highest BCUT2D eigenvalue weighted by molar-refractivity contribution is 9.10. The number of hydrogen-bond acceptors (Lipinski definition) is 6. The zero-order valence-electron chi connectivity index (χ0n) is 16.5. The van der Waals surface area contributed by atoms with E-state index in [9.17, 15) is 4.79 Å². The molecule has 0 spiro atoms. The molecule has 3 heterocycles. The maximum atomic E-state index is 15.1. The Morgan fingerprint density at radius 2 is 2.19 bits per heavy atom. The van der Waals surface area contributed by atoms with E-state index in [1.165, 1.54) is 0 Å². The van der Waals surface area contributed by atoms with Crippen LogP contribution >= 0.6 is 15.9 Å². The fourth-order valence-electron chi connectivity index (χ4n) is 5.10. The Bertz CT molecular complexity index is 1150. The number of H-pyrrole nitrogens is 1. The summed E-state index contributed by atoms with van der Waals surface area (Å²) in [5.41, 5.74) is 1.37. The van der Waals surface area contributed by atoms with Gasteiger partial charge in [0.25, 0.3) is 0 Å². The third-order valence-corrected chi connectivity index (χ3v) is 7.38. The highest BCUT2D eigenvalue weighted by Gasteiger charge is 2.58. The number of halogens is 2. The minimum atomic E-state index is -1.28. The van der Waals surface area contributed by atoms with Gasteiger partial charge in [0, 0.05) is 35.6 Å². The van der Waals surface area contributed by atoms with Crippen LogP contribution in [0.1, 0.15) is 43.7 Å². The molecule has 11 heteroatoms. The number of fused-ring (bicyclic) bond motifs is 1. The lowest BCUT2D eigenvalue weighted by Crippen LogP contribution is -2.68. The van der Waals surface area contributed by atoms with Crippen molar-refractivity contribution in [2.24, 2.45) is 5.92 Å². The molecule has 9 nitrogen and oxygen atoms in total. The highest BCUT2D eigenvalue weighted by Crippen LogP contribution is 2.57. The molecule has 7 rings (SSSR count). The summed E-state index contributed by atoms with van der Waals surface area (Å²) >= 11 is 3.47. The van der Waals surface area contributed by atoms with Crippen LogP contribution in [-0.4, -0.2) is 48.7 Å². The van der Waals surface area contributed by atoms with Crippen LogP contribution in [0.3, 0.4) is 0 Å². The molecule has 0 aromatic carbocycles. The molecule has 0 unspecified atom stereocenters. The van der Waals surface area contributed by atoms with E-state index < -0.39 is 24.3 Å². The number of alkyl carbamates (subject to hydrolysis) is 1. The summed E-state index contributed by atoms with van der Waals surface area (Å²) < 4.78 is 23.0. The Morgan fingerprint density at radius 3 is 2.97 bits per heavy atom. The first-order chi connectivity index (χ1) is 15.0. The third-order valence-electron chi connectivity index (χ3n) is 6.80. The molecule has 0 aliphatic heterocycles. The Labute approximate surface area is 185 Å². The molecule has 0 radical (unpaired) electrons. The summed E-state index contributed by atoms with van der Waals surface area (Å²) in [6.45, 7) is 0. The quantitative estimate of drug-likeness (QED) is 0.502. The van der Waals surface area contributed by atoms with Crippen LogP contribution in [0.15, 0.2) is 29.1 Å². The van der Waals surface area contributed by atoms with Crippen molar-refractivity contribution in [3.63, 3.8) is 0 Å². The minimum absolute atomic E-state index is 0.0725. The zero-order valence-corrected chi connectivity index (χ0v) is 18.1. The Morgan fingerprint density at radius 1 is 1.35 bits per heavy atom. The van der Waals surface area contributed by atoms with E-state index >= 15 is 4.39 Å². The van der Waals surface area contributed by atoms with Crippen molar-refractivity contribution in [1.82, 2.24) is 30.1 Å².